The molecule has 4 amide bonds. The van der Waals surface area contributed by atoms with Crippen molar-refractivity contribution in [3.8, 4) is 0 Å². The third-order valence-electron chi connectivity index (χ3n) is 6.26. The number of nitrogens with two attached hydrogens (primary N) is 1. The van der Waals surface area contributed by atoms with Gasteiger partial charge in [0.25, 0.3) is 0 Å². The number of carbonyl (C=O) groups is 3. The monoisotopic (exact) mass is 473 g/mol. The minimum absolute atomic E-state index is 0.163. The van der Waals surface area contributed by atoms with Crippen LogP contribution in [0.15, 0.2) is 18.2 Å². The second kappa shape index (κ2) is 11.0. The molecule has 0 radical (unpaired) electrons. The van der Waals surface area contributed by atoms with Crippen molar-refractivity contribution >= 4 is 29.4 Å². The van der Waals surface area contributed by atoms with Crippen molar-refractivity contribution in [2.24, 2.45) is 11.7 Å². The molecule has 34 heavy (non-hydrogen) atoms. The molecule has 9 nitrogen and oxygen atoms in total. The SMILES string of the molecule is CN(CC1CCCN(C(=O)Nc2cc(C(N)=O)ccc2N2CCCCC2)C1)C(=O)OC(C)(C)C. The minimum atomic E-state index is -0.546. The van der Waals surface area contributed by atoms with Crippen LogP contribution in [0.3, 0.4) is 0 Å². The van der Waals surface area contributed by atoms with Gasteiger partial charge in [-0.2, -0.15) is 0 Å². The number of amides is 4. The molecule has 0 bridgehead atoms. The van der Waals surface area contributed by atoms with E-state index in [1.165, 1.54) is 6.42 Å². The van der Waals surface area contributed by atoms with Crippen molar-refractivity contribution in [3.63, 3.8) is 0 Å². The summed E-state index contributed by atoms with van der Waals surface area (Å²) in [5.74, 6) is -0.362. The molecule has 1 aromatic rings. The molecule has 1 unspecified atom stereocenters. The van der Waals surface area contributed by atoms with Crippen LogP contribution in [0.2, 0.25) is 0 Å². The molecule has 2 saturated heterocycles. The molecule has 3 rings (SSSR count). The lowest BCUT2D eigenvalue weighted by Crippen LogP contribution is -2.46. The van der Waals surface area contributed by atoms with Gasteiger partial charge < -0.3 is 30.5 Å². The molecule has 2 heterocycles. The molecule has 3 N–H and O–H groups in total. The van der Waals surface area contributed by atoms with Crippen molar-refractivity contribution in [1.82, 2.24) is 9.80 Å². The van der Waals surface area contributed by atoms with E-state index in [1.54, 1.807) is 29.0 Å². The van der Waals surface area contributed by atoms with Crippen molar-refractivity contribution in [2.45, 2.75) is 58.5 Å². The quantitative estimate of drug-likeness (QED) is 0.675. The molecular weight excluding hydrogens is 434 g/mol. The van der Waals surface area contributed by atoms with E-state index in [9.17, 15) is 14.4 Å². The van der Waals surface area contributed by atoms with Gasteiger partial charge in [0, 0.05) is 45.3 Å². The number of anilines is 2. The number of hydrogen-bond donors (Lipinski definition) is 2. The summed E-state index contributed by atoms with van der Waals surface area (Å²) in [6.07, 6.45) is 4.84. The fraction of sp³-hybridized carbons (Fsp3) is 0.640. The first-order valence-corrected chi connectivity index (χ1v) is 12.2. The zero-order valence-corrected chi connectivity index (χ0v) is 20.9. The van der Waals surface area contributed by atoms with Gasteiger partial charge in [-0.05, 0) is 77.0 Å². The van der Waals surface area contributed by atoms with Gasteiger partial charge in [0.05, 0.1) is 11.4 Å². The van der Waals surface area contributed by atoms with Crippen molar-refractivity contribution in [1.29, 1.82) is 0 Å². The molecule has 0 aromatic heterocycles. The normalized spacial score (nSPS) is 18.9. The largest absolute Gasteiger partial charge is 0.444 e. The van der Waals surface area contributed by atoms with Crippen LogP contribution >= 0.6 is 0 Å². The van der Waals surface area contributed by atoms with Gasteiger partial charge in [0.15, 0.2) is 0 Å². The van der Waals surface area contributed by atoms with E-state index in [1.807, 2.05) is 26.8 Å². The van der Waals surface area contributed by atoms with Gasteiger partial charge in [-0.1, -0.05) is 0 Å². The number of carbonyl (C=O) groups excluding carboxylic acids is 3. The Morgan fingerprint density at radius 2 is 1.82 bits per heavy atom. The number of primary amides is 1. The number of nitrogens with zero attached hydrogens (tertiary/aromatic N) is 3. The fourth-order valence-corrected chi connectivity index (χ4v) is 4.59. The van der Waals surface area contributed by atoms with Crippen LogP contribution in [0.25, 0.3) is 0 Å². The predicted molar refractivity (Wildman–Crippen MR) is 133 cm³/mol. The third-order valence-corrected chi connectivity index (χ3v) is 6.26. The summed E-state index contributed by atoms with van der Waals surface area (Å²) in [4.78, 5) is 42.9. The molecule has 188 valence electrons. The number of urea groups is 1. The molecule has 0 spiro atoms. The molecule has 0 saturated carbocycles. The molecule has 1 aromatic carbocycles. The van der Waals surface area contributed by atoms with Gasteiger partial charge >= 0.3 is 12.1 Å². The van der Waals surface area contributed by atoms with E-state index >= 15 is 0 Å². The first-order valence-electron chi connectivity index (χ1n) is 12.2. The number of hydrogen-bond acceptors (Lipinski definition) is 5. The second-order valence-electron chi connectivity index (χ2n) is 10.4. The first-order chi connectivity index (χ1) is 16.0. The van der Waals surface area contributed by atoms with E-state index in [0.717, 1.165) is 44.5 Å². The molecule has 1 atom stereocenters. The summed E-state index contributed by atoms with van der Waals surface area (Å²) in [5, 5.41) is 3.03. The Morgan fingerprint density at radius 1 is 1.12 bits per heavy atom. The molecule has 2 aliphatic rings. The predicted octanol–water partition coefficient (Wildman–Crippen LogP) is 3.89. The van der Waals surface area contributed by atoms with Gasteiger partial charge in [-0.25, -0.2) is 9.59 Å². The third kappa shape index (κ3) is 7.01. The summed E-state index contributed by atoms with van der Waals surface area (Å²) in [7, 11) is 1.73. The average molecular weight is 474 g/mol. The minimum Gasteiger partial charge on any atom is -0.444 e. The Hall–Kier alpha value is -2.97. The lowest BCUT2D eigenvalue weighted by atomic mass is 9.98. The highest BCUT2D eigenvalue weighted by molar-refractivity contribution is 5.99. The van der Waals surface area contributed by atoms with E-state index < -0.39 is 11.5 Å². The Labute approximate surface area is 202 Å². The van der Waals surface area contributed by atoms with Crippen molar-refractivity contribution in [3.05, 3.63) is 23.8 Å². The van der Waals surface area contributed by atoms with Gasteiger partial charge in [-0.3, -0.25) is 4.79 Å². The topological polar surface area (TPSA) is 108 Å². The zero-order valence-electron chi connectivity index (χ0n) is 20.9. The lowest BCUT2D eigenvalue weighted by Gasteiger charge is -2.36. The van der Waals surface area contributed by atoms with Crippen LogP contribution in [0, 0.1) is 5.92 Å². The van der Waals surface area contributed by atoms with Crippen LogP contribution in [0.5, 0.6) is 0 Å². The second-order valence-corrected chi connectivity index (χ2v) is 10.4. The Kier molecular flexibility index (Phi) is 8.28. The maximum absolute atomic E-state index is 13.2. The Balaban J connectivity index is 1.67. The van der Waals surface area contributed by atoms with E-state index in [2.05, 4.69) is 10.2 Å². The summed E-state index contributed by atoms with van der Waals surface area (Å²) < 4.78 is 5.45. The van der Waals surface area contributed by atoms with Crippen LogP contribution in [-0.4, -0.2) is 73.2 Å². The van der Waals surface area contributed by atoms with Crippen molar-refractivity contribution < 1.29 is 19.1 Å². The summed E-state index contributed by atoms with van der Waals surface area (Å²) in [6, 6.07) is 5.05. The Morgan fingerprint density at radius 3 is 2.47 bits per heavy atom. The fourth-order valence-electron chi connectivity index (χ4n) is 4.59. The smallest absolute Gasteiger partial charge is 0.410 e. The van der Waals surface area contributed by atoms with Crippen LogP contribution in [0.1, 0.15) is 63.2 Å². The van der Waals surface area contributed by atoms with Crippen LogP contribution < -0.4 is 16.0 Å². The van der Waals surface area contributed by atoms with Gasteiger partial charge in [0.1, 0.15) is 5.60 Å². The Bertz CT molecular complexity index is 892. The molecular formula is C25H39N5O4. The summed E-state index contributed by atoms with van der Waals surface area (Å²) in [6.45, 7) is 9.09. The van der Waals surface area contributed by atoms with E-state index in [0.29, 0.717) is 30.9 Å². The van der Waals surface area contributed by atoms with E-state index in [-0.39, 0.29) is 18.0 Å². The molecule has 2 fully saturated rings. The molecule has 0 aliphatic carbocycles. The van der Waals surface area contributed by atoms with Gasteiger partial charge in [-0.15, -0.1) is 0 Å². The highest BCUT2D eigenvalue weighted by atomic mass is 16.6. The van der Waals surface area contributed by atoms with Crippen LogP contribution in [0.4, 0.5) is 21.0 Å². The highest BCUT2D eigenvalue weighted by Gasteiger charge is 2.28. The molecule has 2 aliphatic heterocycles. The number of rotatable bonds is 5. The maximum Gasteiger partial charge on any atom is 0.410 e. The maximum atomic E-state index is 13.2. The van der Waals surface area contributed by atoms with Crippen molar-refractivity contribution in [2.75, 3.05) is 50.0 Å². The highest BCUT2D eigenvalue weighted by Crippen LogP contribution is 2.30. The standard InChI is InChI=1S/C25H39N5O4/c1-25(2,3)34-24(33)28(4)16-18-9-8-14-30(17-18)23(32)27-20-15-19(22(26)31)10-11-21(20)29-12-6-5-7-13-29/h10-11,15,18H,5-9,12-14,16-17H2,1-4H3,(H2,26,31)(H,27,32). The number of likely N-dealkylation sites (tertiary alicyclic amines) is 1. The average Bonchev–Trinajstić information content (AvgIpc) is 2.78. The number of ether oxygens (including phenoxy) is 1. The number of benzene rings is 1. The van der Waals surface area contributed by atoms with E-state index in [4.69, 9.17) is 10.5 Å². The number of piperidine rings is 2. The lowest BCUT2D eigenvalue weighted by molar-refractivity contribution is 0.0253. The first kappa shape index (κ1) is 25.6. The zero-order chi connectivity index (χ0) is 24.9. The molecule has 9 heteroatoms. The number of nitrogens with one attached hydrogen (secondary N) is 1. The summed E-state index contributed by atoms with van der Waals surface area (Å²) >= 11 is 0. The van der Waals surface area contributed by atoms with Crippen LogP contribution in [-0.2, 0) is 4.74 Å². The van der Waals surface area contributed by atoms with Gasteiger partial charge in [0.2, 0.25) is 5.91 Å². The summed E-state index contributed by atoms with van der Waals surface area (Å²) in [5.41, 5.74) is 6.84.